The Labute approximate surface area is 122 Å². The first-order valence-corrected chi connectivity index (χ1v) is 7.89. The third-order valence-electron chi connectivity index (χ3n) is 4.77. The van der Waals surface area contributed by atoms with Gasteiger partial charge in [-0.1, -0.05) is 12.8 Å². The number of nitrogens with two attached hydrogens (primary N) is 1. The molecule has 3 atom stereocenters. The topological polar surface area (TPSA) is 67.6 Å². The molecule has 2 rings (SSSR count). The van der Waals surface area contributed by atoms with Crippen LogP contribution in [0, 0.1) is 5.92 Å². The number of hydrogen-bond donors (Lipinski definition) is 2. The molecule has 3 unspecified atom stereocenters. The first kappa shape index (κ1) is 15.7. The molecule has 0 aromatic heterocycles. The Morgan fingerprint density at radius 1 is 1.50 bits per heavy atom. The van der Waals surface area contributed by atoms with Crippen molar-refractivity contribution in [2.75, 3.05) is 32.8 Å². The van der Waals surface area contributed by atoms with E-state index in [0.717, 1.165) is 52.0 Å². The molecule has 1 amide bonds. The summed E-state index contributed by atoms with van der Waals surface area (Å²) in [6.45, 7) is 8.31. The Morgan fingerprint density at radius 2 is 2.30 bits per heavy atom. The van der Waals surface area contributed by atoms with Gasteiger partial charge in [-0.15, -0.1) is 0 Å². The van der Waals surface area contributed by atoms with Gasteiger partial charge in [-0.05, 0) is 26.7 Å². The van der Waals surface area contributed by atoms with Crippen molar-refractivity contribution >= 4 is 5.91 Å². The van der Waals surface area contributed by atoms with Crippen molar-refractivity contribution in [3.8, 4) is 0 Å². The number of morpholine rings is 1. The zero-order valence-corrected chi connectivity index (χ0v) is 12.9. The van der Waals surface area contributed by atoms with Crippen LogP contribution >= 0.6 is 0 Å². The number of carbonyl (C=O) groups is 1. The van der Waals surface area contributed by atoms with Crippen LogP contribution in [0.4, 0.5) is 0 Å². The smallest absolute Gasteiger partial charge is 0.225 e. The molecule has 20 heavy (non-hydrogen) atoms. The van der Waals surface area contributed by atoms with Gasteiger partial charge >= 0.3 is 0 Å². The maximum absolute atomic E-state index is 12.3. The molecule has 116 valence electrons. The van der Waals surface area contributed by atoms with E-state index in [2.05, 4.69) is 17.1 Å². The lowest BCUT2D eigenvalue weighted by atomic mass is 9.74. The predicted octanol–water partition coefficient (Wildman–Crippen LogP) is 0.731. The highest BCUT2D eigenvalue weighted by Crippen LogP contribution is 2.31. The standard InChI is InChI=1S/C15H29N3O2/c1-12-11-20-10-9-18(12)8-7-17-14(19)13-5-3-4-6-15(13,2)16/h12-13H,3-11,16H2,1-2H3,(H,17,19). The van der Waals surface area contributed by atoms with Gasteiger partial charge in [0.15, 0.2) is 0 Å². The van der Waals surface area contributed by atoms with E-state index in [9.17, 15) is 4.79 Å². The van der Waals surface area contributed by atoms with Crippen molar-refractivity contribution in [1.29, 1.82) is 0 Å². The lowest BCUT2D eigenvalue weighted by molar-refractivity contribution is -0.128. The maximum Gasteiger partial charge on any atom is 0.225 e. The summed E-state index contributed by atoms with van der Waals surface area (Å²) in [6.07, 6.45) is 4.13. The van der Waals surface area contributed by atoms with Gasteiger partial charge in [0.25, 0.3) is 0 Å². The summed E-state index contributed by atoms with van der Waals surface area (Å²) >= 11 is 0. The van der Waals surface area contributed by atoms with E-state index in [4.69, 9.17) is 10.5 Å². The minimum absolute atomic E-state index is 0.0293. The lowest BCUT2D eigenvalue weighted by Gasteiger charge is -2.37. The first-order chi connectivity index (χ1) is 9.50. The van der Waals surface area contributed by atoms with Crippen LogP contribution < -0.4 is 11.1 Å². The molecule has 2 aliphatic rings. The van der Waals surface area contributed by atoms with Gasteiger partial charge in [0.05, 0.1) is 19.1 Å². The number of hydrogen-bond acceptors (Lipinski definition) is 4. The molecular formula is C15H29N3O2. The van der Waals surface area contributed by atoms with Gasteiger partial charge in [-0.25, -0.2) is 0 Å². The first-order valence-electron chi connectivity index (χ1n) is 7.89. The van der Waals surface area contributed by atoms with Crippen LogP contribution in [-0.4, -0.2) is 55.2 Å². The monoisotopic (exact) mass is 283 g/mol. The van der Waals surface area contributed by atoms with Crippen molar-refractivity contribution in [2.45, 2.75) is 51.1 Å². The largest absolute Gasteiger partial charge is 0.379 e. The fourth-order valence-electron chi connectivity index (χ4n) is 3.33. The molecule has 0 radical (unpaired) electrons. The lowest BCUT2D eigenvalue weighted by Crippen LogP contribution is -2.54. The quantitative estimate of drug-likeness (QED) is 0.798. The average Bonchev–Trinajstić information content (AvgIpc) is 2.40. The fraction of sp³-hybridized carbons (Fsp3) is 0.933. The van der Waals surface area contributed by atoms with Crippen molar-refractivity contribution in [1.82, 2.24) is 10.2 Å². The van der Waals surface area contributed by atoms with Gasteiger partial charge in [-0.3, -0.25) is 9.69 Å². The summed E-state index contributed by atoms with van der Waals surface area (Å²) in [6, 6.07) is 0.440. The van der Waals surface area contributed by atoms with Gasteiger partial charge in [0.1, 0.15) is 0 Å². The second-order valence-electron chi connectivity index (χ2n) is 6.56. The summed E-state index contributed by atoms with van der Waals surface area (Å²) in [5.41, 5.74) is 5.93. The van der Waals surface area contributed by atoms with Gasteiger partial charge in [0, 0.05) is 31.2 Å². The summed E-state index contributed by atoms with van der Waals surface area (Å²) in [5.74, 6) is 0.106. The predicted molar refractivity (Wildman–Crippen MR) is 79.4 cm³/mol. The molecule has 1 saturated carbocycles. The number of amides is 1. The zero-order chi connectivity index (χ0) is 14.6. The van der Waals surface area contributed by atoms with Crippen molar-refractivity contribution in [3.05, 3.63) is 0 Å². The molecule has 3 N–H and O–H groups in total. The van der Waals surface area contributed by atoms with Crippen molar-refractivity contribution in [2.24, 2.45) is 11.7 Å². The minimum Gasteiger partial charge on any atom is -0.379 e. The molecule has 1 aliphatic carbocycles. The summed E-state index contributed by atoms with van der Waals surface area (Å²) < 4.78 is 5.42. The molecule has 5 heteroatoms. The van der Waals surface area contributed by atoms with E-state index in [1.54, 1.807) is 0 Å². The number of nitrogens with zero attached hydrogens (tertiary/aromatic N) is 1. The molecule has 0 bridgehead atoms. The summed E-state index contributed by atoms with van der Waals surface area (Å²) in [7, 11) is 0. The Hall–Kier alpha value is -0.650. The summed E-state index contributed by atoms with van der Waals surface area (Å²) in [4.78, 5) is 14.7. The van der Waals surface area contributed by atoms with E-state index < -0.39 is 0 Å². The third kappa shape index (κ3) is 3.93. The van der Waals surface area contributed by atoms with Crippen LogP contribution in [0.25, 0.3) is 0 Å². The number of ether oxygens (including phenoxy) is 1. The highest BCUT2D eigenvalue weighted by atomic mass is 16.5. The number of carbonyl (C=O) groups excluding carboxylic acids is 1. The molecule has 2 fully saturated rings. The summed E-state index contributed by atoms with van der Waals surface area (Å²) in [5, 5.41) is 3.07. The van der Waals surface area contributed by atoms with Crippen LogP contribution in [0.1, 0.15) is 39.5 Å². The molecule has 1 aliphatic heterocycles. The Kier molecular flexibility index (Phi) is 5.41. The zero-order valence-electron chi connectivity index (χ0n) is 12.9. The van der Waals surface area contributed by atoms with Crippen LogP contribution in [0.15, 0.2) is 0 Å². The molecule has 0 aromatic carbocycles. The van der Waals surface area contributed by atoms with Gasteiger partial charge in [0.2, 0.25) is 5.91 Å². The molecule has 1 heterocycles. The van der Waals surface area contributed by atoms with E-state index in [1.807, 2.05) is 6.92 Å². The van der Waals surface area contributed by atoms with Crippen LogP contribution in [0.3, 0.4) is 0 Å². The van der Waals surface area contributed by atoms with E-state index in [0.29, 0.717) is 12.6 Å². The Morgan fingerprint density at radius 3 is 3.00 bits per heavy atom. The van der Waals surface area contributed by atoms with Crippen LogP contribution in [0.2, 0.25) is 0 Å². The van der Waals surface area contributed by atoms with Crippen molar-refractivity contribution < 1.29 is 9.53 Å². The van der Waals surface area contributed by atoms with Crippen LogP contribution in [0.5, 0.6) is 0 Å². The molecular weight excluding hydrogens is 254 g/mol. The highest BCUT2D eigenvalue weighted by molar-refractivity contribution is 5.80. The van der Waals surface area contributed by atoms with Crippen molar-refractivity contribution in [3.63, 3.8) is 0 Å². The van der Waals surface area contributed by atoms with E-state index in [1.165, 1.54) is 0 Å². The highest BCUT2D eigenvalue weighted by Gasteiger charge is 2.37. The van der Waals surface area contributed by atoms with Crippen LogP contribution in [-0.2, 0) is 9.53 Å². The van der Waals surface area contributed by atoms with E-state index >= 15 is 0 Å². The maximum atomic E-state index is 12.3. The molecule has 1 saturated heterocycles. The molecule has 0 spiro atoms. The fourth-order valence-corrected chi connectivity index (χ4v) is 3.33. The molecule has 5 nitrogen and oxygen atoms in total. The second kappa shape index (κ2) is 6.87. The third-order valence-corrected chi connectivity index (χ3v) is 4.77. The van der Waals surface area contributed by atoms with Gasteiger partial charge in [-0.2, -0.15) is 0 Å². The SMILES string of the molecule is CC1COCCN1CCNC(=O)C1CCCCC1(C)N. The number of nitrogens with one attached hydrogen (secondary N) is 1. The number of rotatable bonds is 4. The normalized spacial score (nSPS) is 35.8. The van der Waals surface area contributed by atoms with Gasteiger partial charge < -0.3 is 15.8 Å². The van der Waals surface area contributed by atoms with E-state index in [-0.39, 0.29) is 17.4 Å². The Bertz CT molecular complexity index is 333. The average molecular weight is 283 g/mol. The Balaban J connectivity index is 1.74. The molecule has 0 aromatic rings. The minimum atomic E-state index is -0.339. The second-order valence-corrected chi connectivity index (χ2v) is 6.56.